The van der Waals surface area contributed by atoms with Crippen molar-refractivity contribution in [1.29, 1.82) is 0 Å². The molecular formula is C14H16N4O2. The Labute approximate surface area is 116 Å². The topological polar surface area (TPSA) is 82.3 Å². The third-order valence-corrected chi connectivity index (χ3v) is 3.19. The van der Waals surface area contributed by atoms with Gasteiger partial charge in [-0.2, -0.15) is 0 Å². The van der Waals surface area contributed by atoms with E-state index in [0.717, 1.165) is 29.0 Å². The number of fused-ring (bicyclic) bond motifs is 1. The van der Waals surface area contributed by atoms with Crippen LogP contribution < -0.4 is 20.7 Å². The van der Waals surface area contributed by atoms with E-state index in [2.05, 4.69) is 15.4 Å². The second kappa shape index (κ2) is 5.85. The lowest BCUT2D eigenvalue weighted by Gasteiger charge is -2.17. The largest absolute Gasteiger partial charge is 0.490 e. The van der Waals surface area contributed by atoms with Crippen molar-refractivity contribution in [3.63, 3.8) is 0 Å². The van der Waals surface area contributed by atoms with Crippen LogP contribution in [0.3, 0.4) is 0 Å². The summed E-state index contributed by atoms with van der Waals surface area (Å²) in [6, 6.07) is 5.63. The van der Waals surface area contributed by atoms with Crippen LogP contribution in [-0.4, -0.2) is 23.2 Å². The molecule has 104 valence electrons. The summed E-state index contributed by atoms with van der Waals surface area (Å²) < 4.78 is 11.3. The summed E-state index contributed by atoms with van der Waals surface area (Å²) in [7, 11) is 0. The van der Waals surface area contributed by atoms with Gasteiger partial charge in [0.2, 0.25) is 0 Å². The van der Waals surface area contributed by atoms with Crippen LogP contribution in [0.15, 0.2) is 36.9 Å². The Morgan fingerprint density at radius 1 is 1.05 bits per heavy atom. The molecule has 0 saturated heterocycles. The fourth-order valence-corrected chi connectivity index (χ4v) is 2.20. The molecule has 1 unspecified atom stereocenters. The fourth-order valence-electron chi connectivity index (χ4n) is 2.20. The van der Waals surface area contributed by atoms with E-state index in [1.165, 1.54) is 6.33 Å². The number of benzene rings is 1. The second-order valence-electron chi connectivity index (χ2n) is 4.53. The minimum atomic E-state index is -0.187. The number of nitrogens with two attached hydrogens (primary N) is 1. The highest BCUT2D eigenvalue weighted by Gasteiger charge is 2.17. The van der Waals surface area contributed by atoms with Crippen LogP contribution in [0.4, 0.5) is 0 Å². The van der Waals surface area contributed by atoms with Gasteiger partial charge in [-0.1, -0.05) is 6.07 Å². The van der Waals surface area contributed by atoms with Gasteiger partial charge in [0.25, 0.3) is 0 Å². The molecule has 0 aliphatic carbocycles. The minimum absolute atomic E-state index is 0.187. The van der Waals surface area contributed by atoms with E-state index in [0.29, 0.717) is 13.2 Å². The van der Waals surface area contributed by atoms with Crippen molar-refractivity contribution in [1.82, 2.24) is 15.4 Å². The lowest BCUT2D eigenvalue weighted by molar-refractivity contribution is 0.297. The van der Waals surface area contributed by atoms with Crippen LogP contribution in [0, 0.1) is 0 Å². The molecule has 20 heavy (non-hydrogen) atoms. The number of hydrogen-bond donors (Lipinski definition) is 2. The number of nitrogens with one attached hydrogen (secondary N) is 1. The Balaban J connectivity index is 1.94. The van der Waals surface area contributed by atoms with Crippen LogP contribution in [0.2, 0.25) is 0 Å². The molecule has 0 amide bonds. The molecule has 1 aliphatic rings. The summed E-state index contributed by atoms with van der Waals surface area (Å²) in [5, 5.41) is 0. The zero-order valence-corrected chi connectivity index (χ0v) is 11.0. The van der Waals surface area contributed by atoms with E-state index in [9.17, 15) is 0 Å². The Morgan fingerprint density at radius 3 is 2.55 bits per heavy atom. The van der Waals surface area contributed by atoms with Crippen LogP contribution in [-0.2, 0) is 0 Å². The zero-order valence-electron chi connectivity index (χ0n) is 11.0. The number of hydrogen-bond acceptors (Lipinski definition) is 6. The molecule has 0 radical (unpaired) electrons. The van der Waals surface area contributed by atoms with E-state index in [4.69, 9.17) is 15.3 Å². The van der Waals surface area contributed by atoms with Gasteiger partial charge >= 0.3 is 0 Å². The molecule has 3 rings (SSSR count). The number of nitrogens with zero attached hydrogens (tertiary/aromatic N) is 2. The Bertz CT molecular complexity index is 577. The van der Waals surface area contributed by atoms with E-state index < -0.39 is 0 Å². The van der Waals surface area contributed by atoms with E-state index in [1.54, 1.807) is 12.4 Å². The van der Waals surface area contributed by atoms with Crippen LogP contribution in [0.25, 0.3) is 0 Å². The van der Waals surface area contributed by atoms with Crippen molar-refractivity contribution in [2.75, 3.05) is 13.2 Å². The van der Waals surface area contributed by atoms with Crippen molar-refractivity contribution >= 4 is 0 Å². The molecule has 0 fully saturated rings. The van der Waals surface area contributed by atoms with Gasteiger partial charge in [0.15, 0.2) is 11.5 Å². The molecule has 1 aromatic carbocycles. The number of rotatable bonds is 3. The molecule has 6 heteroatoms. The van der Waals surface area contributed by atoms with Gasteiger partial charge in [0, 0.05) is 24.4 Å². The van der Waals surface area contributed by atoms with Gasteiger partial charge < -0.3 is 9.47 Å². The Hall–Kier alpha value is -2.18. The predicted octanol–water partition coefficient (Wildman–Crippen LogP) is 1.19. The molecule has 0 spiro atoms. The van der Waals surface area contributed by atoms with Gasteiger partial charge in [-0.05, 0) is 17.7 Å². The summed E-state index contributed by atoms with van der Waals surface area (Å²) >= 11 is 0. The number of ether oxygens (including phenoxy) is 2. The van der Waals surface area contributed by atoms with Crippen molar-refractivity contribution in [3.8, 4) is 11.5 Å². The predicted molar refractivity (Wildman–Crippen MR) is 73.2 cm³/mol. The maximum Gasteiger partial charge on any atom is 0.161 e. The molecule has 1 aliphatic heterocycles. The highest BCUT2D eigenvalue weighted by atomic mass is 16.5. The molecule has 0 bridgehead atoms. The molecule has 1 aromatic heterocycles. The standard InChI is InChI=1S/C14H16N4O2/c15-18-14(11-7-16-9-17-8-11)10-2-3-12-13(6-10)20-5-1-4-19-12/h2-3,6-9,14,18H,1,4-5,15H2. The smallest absolute Gasteiger partial charge is 0.161 e. The molecule has 0 saturated carbocycles. The summed E-state index contributed by atoms with van der Waals surface area (Å²) in [4.78, 5) is 8.04. The van der Waals surface area contributed by atoms with Crippen molar-refractivity contribution in [3.05, 3.63) is 48.0 Å². The lowest BCUT2D eigenvalue weighted by Crippen LogP contribution is -2.29. The maximum absolute atomic E-state index is 5.69. The first-order valence-corrected chi connectivity index (χ1v) is 6.49. The Kier molecular flexibility index (Phi) is 3.76. The van der Waals surface area contributed by atoms with E-state index in [-0.39, 0.29) is 6.04 Å². The molecule has 2 heterocycles. The van der Waals surface area contributed by atoms with Crippen molar-refractivity contribution in [2.45, 2.75) is 12.5 Å². The fraction of sp³-hybridized carbons (Fsp3) is 0.286. The average molecular weight is 272 g/mol. The van der Waals surface area contributed by atoms with E-state index in [1.807, 2.05) is 18.2 Å². The monoisotopic (exact) mass is 272 g/mol. The first kappa shape index (κ1) is 12.8. The van der Waals surface area contributed by atoms with Crippen molar-refractivity contribution < 1.29 is 9.47 Å². The summed E-state index contributed by atoms with van der Waals surface area (Å²) in [6.45, 7) is 1.34. The average Bonchev–Trinajstić information content (AvgIpc) is 2.74. The number of hydrazine groups is 1. The summed E-state index contributed by atoms with van der Waals surface area (Å²) in [5.41, 5.74) is 4.65. The first-order valence-electron chi connectivity index (χ1n) is 6.49. The molecule has 1 atom stereocenters. The zero-order chi connectivity index (χ0) is 13.8. The quantitative estimate of drug-likeness (QED) is 0.645. The lowest BCUT2D eigenvalue weighted by atomic mass is 10.0. The molecule has 6 nitrogen and oxygen atoms in total. The third kappa shape index (κ3) is 2.56. The molecule has 2 aromatic rings. The molecular weight excluding hydrogens is 256 g/mol. The van der Waals surface area contributed by atoms with Gasteiger partial charge in [-0.25, -0.2) is 15.4 Å². The third-order valence-electron chi connectivity index (χ3n) is 3.19. The highest BCUT2D eigenvalue weighted by Crippen LogP contribution is 2.33. The first-order chi connectivity index (χ1) is 9.88. The summed E-state index contributed by atoms with van der Waals surface area (Å²) in [6.07, 6.45) is 5.85. The van der Waals surface area contributed by atoms with Crippen LogP contribution >= 0.6 is 0 Å². The normalized spacial score (nSPS) is 15.4. The summed E-state index contributed by atoms with van der Waals surface area (Å²) in [5.74, 6) is 7.18. The van der Waals surface area contributed by atoms with Gasteiger partial charge in [-0.15, -0.1) is 0 Å². The maximum atomic E-state index is 5.69. The second-order valence-corrected chi connectivity index (χ2v) is 4.53. The van der Waals surface area contributed by atoms with Crippen LogP contribution in [0.5, 0.6) is 11.5 Å². The van der Waals surface area contributed by atoms with Gasteiger partial charge in [0.05, 0.1) is 19.3 Å². The molecule has 3 N–H and O–H groups in total. The Morgan fingerprint density at radius 2 is 1.80 bits per heavy atom. The van der Waals surface area contributed by atoms with Crippen molar-refractivity contribution in [2.24, 2.45) is 5.84 Å². The van der Waals surface area contributed by atoms with E-state index >= 15 is 0 Å². The van der Waals surface area contributed by atoms with Gasteiger partial charge in [0.1, 0.15) is 6.33 Å². The van der Waals surface area contributed by atoms with Crippen LogP contribution in [0.1, 0.15) is 23.6 Å². The minimum Gasteiger partial charge on any atom is -0.490 e. The highest BCUT2D eigenvalue weighted by molar-refractivity contribution is 5.45. The van der Waals surface area contributed by atoms with Gasteiger partial charge in [-0.3, -0.25) is 5.84 Å². The SMILES string of the molecule is NNC(c1cncnc1)c1ccc2c(c1)OCCCO2. The number of aromatic nitrogens is 2.